The molecule has 2 aromatic rings. The zero-order valence-corrected chi connectivity index (χ0v) is 16.5. The van der Waals surface area contributed by atoms with Gasteiger partial charge in [-0.05, 0) is 42.8 Å². The maximum atomic E-state index is 12.4. The van der Waals surface area contributed by atoms with Crippen LogP contribution in [-0.4, -0.2) is 40.9 Å². The van der Waals surface area contributed by atoms with Crippen LogP contribution in [0.5, 0.6) is 0 Å². The van der Waals surface area contributed by atoms with Crippen molar-refractivity contribution in [1.29, 1.82) is 0 Å². The summed E-state index contributed by atoms with van der Waals surface area (Å²) < 4.78 is 17.1. The van der Waals surface area contributed by atoms with E-state index in [1.807, 2.05) is 6.07 Å². The number of nitrogens with one attached hydrogen (secondary N) is 2. The summed E-state index contributed by atoms with van der Waals surface area (Å²) in [7, 11) is -0.0560. The molecule has 0 aliphatic heterocycles. The lowest BCUT2D eigenvalue weighted by molar-refractivity contribution is -0.142. The van der Waals surface area contributed by atoms with Gasteiger partial charge in [0.15, 0.2) is 0 Å². The van der Waals surface area contributed by atoms with E-state index in [9.17, 15) is 18.6 Å². The van der Waals surface area contributed by atoms with Crippen LogP contribution in [0.3, 0.4) is 0 Å². The molecular weight excluding hydrogens is 380 g/mol. The Labute approximate surface area is 165 Å². The zero-order valence-electron chi connectivity index (χ0n) is 15.6. The van der Waals surface area contributed by atoms with Gasteiger partial charge in [0.1, 0.15) is 6.04 Å². The van der Waals surface area contributed by atoms with Crippen molar-refractivity contribution >= 4 is 34.3 Å². The monoisotopic (exact) mass is 402 g/mol. The topological polar surface area (TPSA) is 102 Å². The van der Waals surface area contributed by atoms with Gasteiger partial charge in [-0.25, -0.2) is 4.79 Å². The van der Waals surface area contributed by atoms with E-state index in [2.05, 4.69) is 10.6 Å². The van der Waals surface area contributed by atoms with Gasteiger partial charge in [-0.3, -0.25) is 13.8 Å². The Kier molecular flexibility index (Phi) is 7.88. The lowest BCUT2D eigenvalue weighted by Crippen LogP contribution is -2.42. The molecule has 7 nitrogen and oxygen atoms in total. The Morgan fingerprint density at radius 1 is 1.04 bits per heavy atom. The van der Waals surface area contributed by atoms with E-state index in [4.69, 9.17) is 4.74 Å². The summed E-state index contributed by atoms with van der Waals surface area (Å²) in [6.07, 6.45) is 0.171. The normalized spacial score (nSPS) is 12.5. The molecule has 0 bridgehead atoms. The maximum Gasteiger partial charge on any atom is 0.328 e. The number of ether oxygens (including phenoxy) is 1. The minimum absolute atomic E-state index is 0.171. The van der Waals surface area contributed by atoms with Crippen LogP contribution in [0, 0.1) is 0 Å². The largest absolute Gasteiger partial charge is 0.467 e. The molecule has 0 saturated heterocycles. The van der Waals surface area contributed by atoms with E-state index >= 15 is 0 Å². The molecular formula is C20H22N2O5S. The summed E-state index contributed by atoms with van der Waals surface area (Å²) in [6.45, 7) is 1.39. The summed E-state index contributed by atoms with van der Waals surface area (Å²) in [5.74, 6) is -1.08. The third-order valence-electron chi connectivity index (χ3n) is 3.86. The Morgan fingerprint density at radius 3 is 2.25 bits per heavy atom. The first-order chi connectivity index (χ1) is 13.4. The van der Waals surface area contributed by atoms with Crippen LogP contribution in [0.25, 0.3) is 0 Å². The van der Waals surface area contributed by atoms with Crippen molar-refractivity contribution in [2.75, 3.05) is 18.2 Å². The Bertz CT molecular complexity index is 853. The third kappa shape index (κ3) is 6.31. The quantitative estimate of drug-likeness (QED) is 0.659. The van der Waals surface area contributed by atoms with E-state index in [1.165, 1.54) is 26.2 Å². The van der Waals surface area contributed by atoms with Gasteiger partial charge >= 0.3 is 5.97 Å². The molecule has 8 heteroatoms. The SMILES string of the molecule is COC(=O)[C@H](CC[S@](=O)c1ccccc1)NC(=O)c1ccc(NC(C)=O)cc1. The molecule has 0 saturated carbocycles. The molecule has 28 heavy (non-hydrogen) atoms. The number of rotatable bonds is 8. The van der Waals surface area contributed by atoms with Crippen molar-refractivity contribution in [2.45, 2.75) is 24.3 Å². The van der Waals surface area contributed by atoms with Gasteiger partial charge in [0.05, 0.1) is 17.9 Å². The van der Waals surface area contributed by atoms with Crippen LogP contribution in [0.1, 0.15) is 23.7 Å². The number of methoxy groups -OCH3 is 1. The number of anilines is 1. The van der Waals surface area contributed by atoms with Gasteiger partial charge in [-0.1, -0.05) is 18.2 Å². The number of amides is 2. The summed E-state index contributed by atoms with van der Waals surface area (Å²) in [6, 6.07) is 14.2. The first kappa shape index (κ1) is 21.3. The van der Waals surface area contributed by atoms with Crippen molar-refractivity contribution in [2.24, 2.45) is 0 Å². The van der Waals surface area contributed by atoms with E-state index in [-0.39, 0.29) is 18.1 Å². The minimum Gasteiger partial charge on any atom is -0.467 e. The number of carbonyl (C=O) groups excluding carboxylic acids is 3. The molecule has 148 valence electrons. The fourth-order valence-electron chi connectivity index (χ4n) is 2.46. The van der Waals surface area contributed by atoms with Crippen LogP contribution in [0.15, 0.2) is 59.5 Å². The summed E-state index contributed by atoms with van der Waals surface area (Å²) in [5, 5.41) is 5.22. The van der Waals surface area contributed by atoms with Gasteiger partial charge < -0.3 is 15.4 Å². The molecule has 2 aromatic carbocycles. The second kappa shape index (κ2) is 10.4. The van der Waals surface area contributed by atoms with Crippen LogP contribution in [0.2, 0.25) is 0 Å². The molecule has 0 spiro atoms. The second-order valence-corrected chi connectivity index (χ2v) is 7.53. The minimum atomic E-state index is -1.29. The Hall–Kier alpha value is -3.00. The van der Waals surface area contributed by atoms with Crippen LogP contribution >= 0.6 is 0 Å². The fraction of sp³-hybridized carbons (Fsp3) is 0.250. The van der Waals surface area contributed by atoms with E-state index in [1.54, 1.807) is 36.4 Å². The van der Waals surface area contributed by atoms with E-state index in [0.29, 0.717) is 16.1 Å². The molecule has 0 aliphatic carbocycles. The highest BCUT2D eigenvalue weighted by atomic mass is 32.2. The van der Waals surface area contributed by atoms with Crippen LogP contribution in [0.4, 0.5) is 5.69 Å². The number of hydrogen-bond acceptors (Lipinski definition) is 5. The standard InChI is InChI=1S/C20H22N2O5S/c1-14(23)21-16-10-8-15(9-11-16)19(24)22-18(20(25)27-2)12-13-28(26)17-6-4-3-5-7-17/h3-11,18H,12-13H2,1-2H3,(H,21,23)(H,22,24)/t18-,28-/m0/s1. The van der Waals surface area contributed by atoms with Crippen molar-refractivity contribution in [3.63, 3.8) is 0 Å². The molecule has 0 radical (unpaired) electrons. The first-order valence-electron chi connectivity index (χ1n) is 8.60. The van der Waals surface area contributed by atoms with Crippen LogP contribution < -0.4 is 10.6 Å². The molecule has 0 fully saturated rings. The lowest BCUT2D eigenvalue weighted by atomic mass is 10.1. The van der Waals surface area contributed by atoms with Gasteiger partial charge in [0.2, 0.25) is 5.91 Å². The molecule has 2 rings (SSSR count). The van der Waals surface area contributed by atoms with Crippen molar-refractivity contribution in [3.8, 4) is 0 Å². The molecule has 0 heterocycles. The molecule has 2 amide bonds. The summed E-state index contributed by atoms with van der Waals surface area (Å²) in [4.78, 5) is 36.2. The van der Waals surface area contributed by atoms with Crippen molar-refractivity contribution in [1.82, 2.24) is 5.32 Å². The number of esters is 1. The molecule has 0 aromatic heterocycles. The Balaban J connectivity index is 2.01. The van der Waals surface area contributed by atoms with Gasteiger partial charge in [0, 0.05) is 28.8 Å². The predicted octanol–water partition coefficient (Wildman–Crippen LogP) is 2.11. The molecule has 0 aliphatic rings. The second-order valence-electron chi connectivity index (χ2n) is 5.96. The molecule has 2 atom stereocenters. The van der Waals surface area contributed by atoms with Gasteiger partial charge in [-0.15, -0.1) is 0 Å². The molecule has 2 N–H and O–H groups in total. The highest BCUT2D eigenvalue weighted by molar-refractivity contribution is 7.85. The van der Waals surface area contributed by atoms with E-state index in [0.717, 1.165) is 0 Å². The highest BCUT2D eigenvalue weighted by Gasteiger charge is 2.23. The third-order valence-corrected chi connectivity index (χ3v) is 5.26. The van der Waals surface area contributed by atoms with Crippen molar-refractivity contribution in [3.05, 3.63) is 60.2 Å². The predicted molar refractivity (Wildman–Crippen MR) is 106 cm³/mol. The van der Waals surface area contributed by atoms with E-state index < -0.39 is 28.7 Å². The first-order valence-corrected chi connectivity index (χ1v) is 9.92. The van der Waals surface area contributed by atoms with Crippen molar-refractivity contribution < 1.29 is 23.3 Å². The van der Waals surface area contributed by atoms with Gasteiger partial charge in [0.25, 0.3) is 5.91 Å². The molecule has 0 unspecified atom stereocenters. The number of benzene rings is 2. The maximum absolute atomic E-state index is 12.4. The lowest BCUT2D eigenvalue weighted by Gasteiger charge is -2.16. The average Bonchev–Trinajstić information content (AvgIpc) is 2.70. The summed E-state index contributed by atoms with van der Waals surface area (Å²) >= 11 is 0. The van der Waals surface area contributed by atoms with Crippen LogP contribution in [-0.2, 0) is 25.1 Å². The highest BCUT2D eigenvalue weighted by Crippen LogP contribution is 2.11. The smallest absolute Gasteiger partial charge is 0.328 e. The zero-order chi connectivity index (χ0) is 20.5. The average molecular weight is 402 g/mol. The van der Waals surface area contributed by atoms with Gasteiger partial charge in [-0.2, -0.15) is 0 Å². The number of carbonyl (C=O) groups is 3. The number of hydrogen-bond donors (Lipinski definition) is 2. The summed E-state index contributed by atoms with van der Waals surface area (Å²) in [5.41, 5.74) is 0.888. The Morgan fingerprint density at radius 2 is 1.68 bits per heavy atom. The fourth-order valence-corrected chi connectivity index (χ4v) is 3.60.